The van der Waals surface area contributed by atoms with Crippen LogP contribution in [-0.2, 0) is 14.4 Å². The van der Waals surface area contributed by atoms with Crippen LogP contribution in [0.2, 0.25) is 10.0 Å². The van der Waals surface area contributed by atoms with Gasteiger partial charge in [-0.1, -0.05) is 45.6 Å². The van der Waals surface area contributed by atoms with Crippen LogP contribution >= 0.6 is 35.0 Å². The lowest BCUT2D eigenvalue weighted by molar-refractivity contribution is -0.152. The van der Waals surface area contributed by atoms with E-state index in [-0.39, 0.29) is 55.2 Å². The maximum Gasteiger partial charge on any atom is 0.329 e. The first-order valence-corrected chi connectivity index (χ1v) is 16.4. The van der Waals surface area contributed by atoms with Crippen LogP contribution in [0.15, 0.2) is 45.4 Å². The molecule has 5 rings (SSSR count). The number of nitrogens with one attached hydrogen (secondary N) is 2. The summed E-state index contributed by atoms with van der Waals surface area (Å²) in [6.45, 7) is 4.74. The van der Waals surface area contributed by atoms with Crippen molar-refractivity contribution in [3.05, 3.63) is 80.7 Å². The molecule has 4 N–H and O–H groups in total. The van der Waals surface area contributed by atoms with Gasteiger partial charge in [0, 0.05) is 4.75 Å². The minimum atomic E-state index is -1.96. The molecule has 1 aliphatic rings. The number of amides is 3. The Balaban J connectivity index is 1.45. The van der Waals surface area contributed by atoms with Crippen LogP contribution < -0.4 is 10.6 Å². The smallest absolute Gasteiger partial charge is 0.329 e. The van der Waals surface area contributed by atoms with Crippen molar-refractivity contribution in [1.82, 2.24) is 25.8 Å². The number of rotatable bonds is 10. The van der Waals surface area contributed by atoms with E-state index in [1.165, 1.54) is 52.0 Å². The van der Waals surface area contributed by atoms with E-state index in [1.807, 2.05) is 0 Å². The van der Waals surface area contributed by atoms with Crippen molar-refractivity contribution < 1.29 is 52.0 Å². The van der Waals surface area contributed by atoms with E-state index < -0.39 is 70.0 Å². The molecule has 1 aliphatic heterocycles. The second-order valence-corrected chi connectivity index (χ2v) is 14.3. The second kappa shape index (κ2) is 14.3. The Kier molecular flexibility index (Phi) is 10.5. The number of aryl methyl sites for hydroxylation is 2. The number of aromatic nitrogens is 2. The average Bonchev–Trinajstić information content (AvgIpc) is 3.70. The Bertz CT molecular complexity index is 2050. The number of carbonyl (C=O) groups excluding carboxylic acids is 3. The zero-order valence-corrected chi connectivity index (χ0v) is 29.2. The van der Waals surface area contributed by atoms with E-state index in [1.54, 1.807) is 0 Å². The molecule has 1 fully saturated rings. The van der Waals surface area contributed by atoms with Crippen LogP contribution in [-0.4, -0.2) is 83.8 Å². The third-order valence-electron chi connectivity index (χ3n) is 7.97. The molecular weight excluding hydrogens is 739 g/mol. The highest BCUT2D eigenvalue weighted by atomic mass is 35.5. The molecule has 0 spiro atoms. The highest BCUT2D eigenvalue weighted by Crippen LogP contribution is 2.46. The van der Waals surface area contributed by atoms with Crippen molar-refractivity contribution in [3.8, 4) is 22.5 Å². The van der Waals surface area contributed by atoms with Crippen LogP contribution in [0.5, 0.6) is 0 Å². The molecule has 0 aliphatic carbocycles. The number of carbonyl (C=O) groups is 5. The SMILES string of the molecule is Cc1onc(-c2c(F)cccc2Cl)c1C(=O)NCC(=O)N1[C@@H]([C@H](NC(=O)c2c(-c3c(F)cccc3Cl)noc2C)C(=O)O)SC(C)(C)[C@H]1C(=O)O. The predicted octanol–water partition coefficient (Wildman–Crippen LogP) is 4.94. The van der Waals surface area contributed by atoms with E-state index in [0.29, 0.717) is 0 Å². The lowest BCUT2D eigenvalue weighted by Gasteiger charge is -2.32. The van der Waals surface area contributed by atoms with Gasteiger partial charge in [0.1, 0.15) is 57.1 Å². The van der Waals surface area contributed by atoms with Gasteiger partial charge in [-0.15, -0.1) is 11.8 Å². The first kappa shape index (κ1) is 37.3. The van der Waals surface area contributed by atoms with Crippen LogP contribution in [0, 0.1) is 25.5 Å². The van der Waals surface area contributed by atoms with Gasteiger partial charge in [-0.3, -0.25) is 14.4 Å². The van der Waals surface area contributed by atoms with Gasteiger partial charge in [0.25, 0.3) is 11.8 Å². The quantitative estimate of drug-likeness (QED) is 0.169. The van der Waals surface area contributed by atoms with Gasteiger partial charge in [-0.2, -0.15) is 0 Å². The molecule has 0 bridgehead atoms. The topological polar surface area (TPSA) is 205 Å². The van der Waals surface area contributed by atoms with Crippen molar-refractivity contribution in [1.29, 1.82) is 0 Å². The maximum absolute atomic E-state index is 14.8. The first-order valence-electron chi connectivity index (χ1n) is 14.8. The molecule has 268 valence electrons. The molecule has 19 heteroatoms. The minimum absolute atomic E-state index is 0.0536. The predicted molar refractivity (Wildman–Crippen MR) is 178 cm³/mol. The van der Waals surface area contributed by atoms with Crippen LogP contribution in [0.4, 0.5) is 8.78 Å². The Morgan fingerprint density at radius 2 is 1.39 bits per heavy atom. The van der Waals surface area contributed by atoms with Crippen molar-refractivity contribution >= 4 is 64.6 Å². The molecule has 3 heterocycles. The summed E-state index contributed by atoms with van der Waals surface area (Å²) in [5, 5.41) is 30.9. The summed E-state index contributed by atoms with van der Waals surface area (Å²) in [4.78, 5) is 66.9. The molecule has 2 aromatic carbocycles. The second-order valence-electron chi connectivity index (χ2n) is 11.7. The minimum Gasteiger partial charge on any atom is -0.480 e. The van der Waals surface area contributed by atoms with Gasteiger partial charge in [-0.25, -0.2) is 18.4 Å². The summed E-state index contributed by atoms with van der Waals surface area (Å²) in [5.74, 6) is -8.09. The highest BCUT2D eigenvalue weighted by Gasteiger charge is 2.57. The van der Waals surface area contributed by atoms with E-state index in [4.69, 9.17) is 32.2 Å². The van der Waals surface area contributed by atoms with Crippen LogP contribution in [0.1, 0.15) is 46.1 Å². The number of hydrogen-bond acceptors (Lipinski definition) is 10. The first-order chi connectivity index (χ1) is 24.0. The summed E-state index contributed by atoms with van der Waals surface area (Å²) in [6, 6.07) is 3.93. The van der Waals surface area contributed by atoms with Crippen molar-refractivity contribution in [2.45, 2.75) is 49.9 Å². The van der Waals surface area contributed by atoms with Gasteiger partial charge in [0.2, 0.25) is 5.91 Å². The van der Waals surface area contributed by atoms with E-state index >= 15 is 0 Å². The molecule has 0 unspecified atom stereocenters. The molecule has 1 saturated heterocycles. The van der Waals surface area contributed by atoms with E-state index in [9.17, 15) is 43.0 Å². The molecule has 14 nitrogen and oxygen atoms in total. The summed E-state index contributed by atoms with van der Waals surface area (Å²) in [7, 11) is 0. The van der Waals surface area contributed by atoms with Crippen LogP contribution in [0.25, 0.3) is 22.5 Å². The standard InChI is InChI=1S/C32H27Cl2F2N5O9S/c1-12-19(23(39-49-12)21-14(33)7-5-9-16(21)35)27(43)37-11-18(42)41-26(31(47)48)32(3,4)51-29(41)25(30(45)46)38-28(44)20-13(2)50-40-24(20)22-15(34)8-6-10-17(22)36/h5-10,25-26,29H,11H2,1-4H3,(H,37,43)(H,38,44)(H,45,46)(H,47,48)/t25-,26+,29+/m0/s1. The Morgan fingerprint density at radius 3 is 1.84 bits per heavy atom. The Hall–Kier alpha value is -5.00. The molecule has 0 radical (unpaired) electrons. The van der Waals surface area contributed by atoms with E-state index in [0.717, 1.165) is 28.8 Å². The number of carboxylic acid groups (broad SMARTS) is 2. The lowest BCUT2D eigenvalue weighted by Crippen LogP contribution is -2.59. The van der Waals surface area contributed by atoms with Crippen molar-refractivity contribution in [2.75, 3.05) is 6.54 Å². The van der Waals surface area contributed by atoms with Gasteiger partial charge < -0.3 is 34.8 Å². The van der Waals surface area contributed by atoms with Crippen molar-refractivity contribution in [3.63, 3.8) is 0 Å². The summed E-state index contributed by atoms with van der Waals surface area (Å²) >= 11 is 13.1. The maximum atomic E-state index is 14.8. The molecule has 3 amide bonds. The fraction of sp³-hybridized carbons (Fsp3) is 0.281. The molecule has 2 aromatic heterocycles. The summed E-state index contributed by atoms with van der Waals surface area (Å²) in [6.07, 6.45) is 0. The number of nitrogens with zero attached hydrogens (tertiary/aromatic N) is 3. The van der Waals surface area contributed by atoms with E-state index in [2.05, 4.69) is 20.9 Å². The molecule has 3 atom stereocenters. The van der Waals surface area contributed by atoms with Gasteiger partial charge >= 0.3 is 11.9 Å². The van der Waals surface area contributed by atoms with Crippen molar-refractivity contribution in [2.24, 2.45) is 0 Å². The monoisotopic (exact) mass is 765 g/mol. The normalized spacial score (nSPS) is 17.2. The zero-order valence-electron chi connectivity index (χ0n) is 26.9. The average molecular weight is 767 g/mol. The number of hydrogen-bond donors (Lipinski definition) is 4. The largest absolute Gasteiger partial charge is 0.480 e. The number of carboxylic acids is 2. The zero-order chi connectivity index (χ0) is 37.5. The molecular formula is C32H27Cl2F2N5O9S. The van der Waals surface area contributed by atoms with Gasteiger partial charge in [0.15, 0.2) is 6.04 Å². The summed E-state index contributed by atoms with van der Waals surface area (Å²) < 4.78 is 38.4. The fourth-order valence-electron chi connectivity index (χ4n) is 5.72. The van der Waals surface area contributed by atoms with Gasteiger partial charge in [-0.05, 0) is 52.0 Å². The highest BCUT2D eigenvalue weighted by molar-refractivity contribution is 8.01. The van der Waals surface area contributed by atoms with Crippen LogP contribution in [0.3, 0.4) is 0 Å². The summed E-state index contributed by atoms with van der Waals surface area (Å²) in [5.41, 5.74) is -1.72. The van der Waals surface area contributed by atoms with Gasteiger partial charge in [0.05, 0.1) is 27.7 Å². The fourth-order valence-corrected chi connectivity index (χ4v) is 7.86. The number of halogens is 4. The lowest BCUT2D eigenvalue weighted by atomic mass is 10.0. The Labute approximate surface area is 301 Å². The third kappa shape index (κ3) is 7.00. The number of aliphatic carboxylic acids is 2. The molecule has 0 saturated carbocycles. The molecule has 4 aromatic rings. The molecule has 51 heavy (non-hydrogen) atoms. The number of benzene rings is 2. The third-order valence-corrected chi connectivity index (χ3v) is 10.2. The number of thioether (sulfide) groups is 1. The Morgan fingerprint density at radius 1 is 0.902 bits per heavy atom.